The first kappa shape index (κ1) is 11.2. The lowest BCUT2D eigenvalue weighted by Gasteiger charge is -2.04. The van der Waals surface area contributed by atoms with E-state index in [9.17, 15) is 0 Å². The fourth-order valence-corrected chi connectivity index (χ4v) is 1.14. The molecule has 0 aliphatic rings. The van der Waals surface area contributed by atoms with Crippen molar-refractivity contribution in [2.75, 3.05) is 26.2 Å². The van der Waals surface area contributed by atoms with E-state index < -0.39 is 0 Å². The quantitative estimate of drug-likeness (QED) is 0.440. The standard InChI is InChI=1S/C10H17BN2O/c12-6-7-13-8-9-14-11-10-4-2-1-3-5-10/h1-5,11,13H,6-9,12H2. The summed E-state index contributed by atoms with van der Waals surface area (Å²) in [4.78, 5) is 0. The van der Waals surface area contributed by atoms with Crippen molar-refractivity contribution >= 4 is 12.9 Å². The average molecular weight is 192 g/mol. The van der Waals surface area contributed by atoms with E-state index in [4.69, 9.17) is 10.4 Å². The lowest BCUT2D eigenvalue weighted by Crippen LogP contribution is -2.28. The monoisotopic (exact) mass is 192 g/mol. The first-order valence-corrected chi connectivity index (χ1v) is 4.96. The van der Waals surface area contributed by atoms with E-state index in [1.807, 2.05) is 18.2 Å². The fourth-order valence-electron chi connectivity index (χ4n) is 1.14. The zero-order chi connectivity index (χ0) is 10.1. The first-order valence-electron chi connectivity index (χ1n) is 4.96. The molecule has 4 heteroatoms. The summed E-state index contributed by atoms with van der Waals surface area (Å²) in [5.41, 5.74) is 6.55. The number of rotatable bonds is 7. The normalized spacial score (nSPS) is 10.1. The Morgan fingerprint density at radius 3 is 2.71 bits per heavy atom. The van der Waals surface area contributed by atoms with Gasteiger partial charge >= 0.3 is 7.48 Å². The van der Waals surface area contributed by atoms with Gasteiger partial charge in [0.25, 0.3) is 0 Å². The van der Waals surface area contributed by atoms with Crippen molar-refractivity contribution < 1.29 is 4.65 Å². The molecule has 1 rings (SSSR count). The lowest BCUT2D eigenvalue weighted by molar-refractivity contribution is 0.337. The minimum atomic E-state index is 0.679. The summed E-state index contributed by atoms with van der Waals surface area (Å²) in [7, 11) is 0.686. The third kappa shape index (κ3) is 5.02. The van der Waals surface area contributed by atoms with Crippen LogP contribution in [-0.2, 0) is 4.65 Å². The molecule has 1 aromatic carbocycles. The van der Waals surface area contributed by atoms with Gasteiger partial charge in [0.15, 0.2) is 0 Å². The second-order valence-electron chi connectivity index (χ2n) is 3.08. The number of hydrogen-bond donors (Lipinski definition) is 2. The maximum absolute atomic E-state index is 5.46. The number of hydrogen-bond acceptors (Lipinski definition) is 3. The van der Waals surface area contributed by atoms with Gasteiger partial charge in [-0.1, -0.05) is 35.8 Å². The van der Waals surface area contributed by atoms with Crippen molar-refractivity contribution in [3.63, 3.8) is 0 Å². The molecule has 3 nitrogen and oxygen atoms in total. The van der Waals surface area contributed by atoms with E-state index in [0.29, 0.717) is 14.0 Å². The fraction of sp³-hybridized carbons (Fsp3) is 0.400. The molecule has 1 aromatic rings. The Kier molecular flexibility index (Phi) is 6.07. The molecule has 0 saturated carbocycles. The van der Waals surface area contributed by atoms with Gasteiger partial charge in [0.05, 0.1) is 0 Å². The van der Waals surface area contributed by atoms with Gasteiger partial charge in [-0.05, 0) is 0 Å². The van der Waals surface area contributed by atoms with Crippen LogP contribution in [0.2, 0.25) is 0 Å². The van der Waals surface area contributed by atoms with Crippen LogP contribution in [0, 0.1) is 0 Å². The molecule has 76 valence electrons. The largest absolute Gasteiger partial charge is 0.433 e. The molecule has 0 aliphatic heterocycles. The molecule has 0 heterocycles. The highest BCUT2D eigenvalue weighted by atomic mass is 16.4. The molecular weight excluding hydrogens is 175 g/mol. The zero-order valence-corrected chi connectivity index (χ0v) is 8.41. The predicted octanol–water partition coefficient (Wildman–Crippen LogP) is -0.772. The number of nitrogens with two attached hydrogens (primary N) is 1. The maximum Gasteiger partial charge on any atom is 0.308 e. The summed E-state index contributed by atoms with van der Waals surface area (Å²) >= 11 is 0. The summed E-state index contributed by atoms with van der Waals surface area (Å²) in [5.74, 6) is 0. The maximum atomic E-state index is 5.46. The highest BCUT2D eigenvalue weighted by Gasteiger charge is 1.94. The van der Waals surface area contributed by atoms with Gasteiger partial charge < -0.3 is 15.7 Å². The molecule has 0 fully saturated rings. The van der Waals surface area contributed by atoms with Crippen molar-refractivity contribution in [1.82, 2.24) is 5.32 Å². The van der Waals surface area contributed by atoms with Gasteiger partial charge in [-0.2, -0.15) is 0 Å². The van der Waals surface area contributed by atoms with Gasteiger partial charge in [0.1, 0.15) is 0 Å². The van der Waals surface area contributed by atoms with Crippen molar-refractivity contribution in [1.29, 1.82) is 0 Å². The highest BCUT2D eigenvalue weighted by molar-refractivity contribution is 6.46. The third-order valence-electron chi connectivity index (χ3n) is 1.86. The van der Waals surface area contributed by atoms with E-state index in [0.717, 1.165) is 19.7 Å². The Morgan fingerprint density at radius 1 is 1.21 bits per heavy atom. The van der Waals surface area contributed by atoms with Crippen LogP contribution in [0.5, 0.6) is 0 Å². The SMILES string of the molecule is NCCNCCOBc1ccccc1. The molecule has 0 atom stereocenters. The van der Waals surface area contributed by atoms with Gasteiger partial charge in [0, 0.05) is 26.2 Å². The second-order valence-corrected chi connectivity index (χ2v) is 3.08. The van der Waals surface area contributed by atoms with Gasteiger partial charge in [-0.15, -0.1) is 0 Å². The van der Waals surface area contributed by atoms with Crippen LogP contribution in [0.1, 0.15) is 0 Å². The molecule has 0 radical (unpaired) electrons. The van der Waals surface area contributed by atoms with E-state index in [2.05, 4.69) is 17.4 Å². The molecule has 0 aromatic heterocycles. The molecule has 0 aliphatic carbocycles. The Balaban J connectivity index is 1.99. The van der Waals surface area contributed by atoms with Crippen LogP contribution in [0.15, 0.2) is 30.3 Å². The second kappa shape index (κ2) is 7.56. The van der Waals surface area contributed by atoms with Crippen LogP contribution in [0.4, 0.5) is 0 Å². The Labute approximate surface area is 85.9 Å². The molecule has 0 saturated heterocycles. The molecular formula is C10H17BN2O. The molecule has 14 heavy (non-hydrogen) atoms. The highest BCUT2D eigenvalue weighted by Crippen LogP contribution is 1.81. The summed E-state index contributed by atoms with van der Waals surface area (Å²) in [6.45, 7) is 3.13. The summed E-state index contributed by atoms with van der Waals surface area (Å²) in [5, 5.41) is 3.17. The Morgan fingerprint density at radius 2 is 2.00 bits per heavy atom. The smallest absolute Gasteiger partial charge is 0.308 e. The Bertz CT molecular complexity index is 231. The minimum absolute atomic E-state index is 0.679. The summed E-state index contributed by atoms with van der Waals surface area (Å²) in [6.07, 6.45) is 0. The van der Waals surface area contributed by atoms with Crippen LogP contribution < -0.4 is 16.5 Å². The topological polar surface area (TPSA) is 47.3 Å². The van der Waals surface area contributed by atoms with Crippen molar-refractivity contribution in [3.05, 3.63) is 30.3 Å². The van der Waals surface area contributed by atoms with E-state index in [1.165, 1.54) is 5.46 Å². The van der Waals surface area contributed by atoms with Crippen molar-refractivity contribution in [3.8, 4) is 0 Å². The van der Waals surface area contributed by atoms with Gasteiger partial charge in [-0.25, -0.2) is 0 Å². The van der Waals surface area contributed by atoms with E-state index >= 15 is 0 Å². The number of benzene rings is 1. The zero-order valence-electron chi connectivity index (χ0n) is 8.41. The molecule has 0 amide bonds. The van der Waals surface area contributed by atoms with Crippen LogP contribution in [0.3, 0.4) is 0 Å². The third-order valence-corrected chi connectivity index (χ3v) is 1.86. The minimum Gasteiger partial charge on any atom is -0.433 e. The van der Waals surface area contributed by atoms with Gasteiger partial charge in [-0.3, -0.25) is 0 Å². The lowest BCUT2D eigenvalue weighted by atomic mass is 9.88. The summed E-state index contributed by atoms with van der Waals surface area (Å²) < 4.78 is 5.46. The number of nitrogens with one attached hydrogen (secondary N) is 1. The molecule has 0 unspecified atom stereocenters. The summed E-state index contributed by atoms with van der Waals surface area (Å²) in [6, 6.07) is 10.2. The molecule has 3 N–H and O–H groups in total. The average Bonchev–Trinajstić information content (AvgIpc) is 2.25. The molecule has 0 spiro atoms. The first-order chi connectivity index (χ1) is 6.93. The molecule has 0 bridgehead atoms. The Hall–Kier alpha value is -0.835. The van der Waals surface area contributed by atoms with Crippen molar-refractivity contribution in [2.24, 2.45) is 5.73 Å². The van der Waals surface area contributed by atoms with E-state index in [1.54, 1.807) is 0 Å². The van der Waals surface area contributed by atoms with Crippen LogP contribution in [-0.4, -0.2) is 33.7 Å². The van der Waals surface area contributed by atoms with Crippen LogP contribution >= 0.6 is 0 Å². The van der Waals surface area contributed by atoms with Crippen LogP contribution in [0.25, 0.3) is 0 Å². The van der Waals surface area contributed by atoms with Gasteiger partial charge in [0.2, 0.25) is 0 Å². The predicted molar refractivity (Wildman–Crippen MR) is 61.1 cm³/mol. The van der Waals surface area contributed by atoms with Crippen molar-refractivity contribution in [2.45, 2.75) is 0 Å². The van der Waals surface area contributed by atoms with E-state index in [-0.39, 0.29) is 0 Å².